The topological polar surface area (TPSA) is 20.9 Å². The average Bonchev–Trinajstić information content (AvgIpc) is 2.47. The third-order valence-corrected chi connectivity index (χ3v) is 3.40. The van der Waals surface area contributed by atoms with E-state index in [0.717, 1.165) is 21.9 Å². The van der Waals surface area contributed by atoms with Gasteiger partial charge in [-0.3, -0.25) is 4.79 Å². The maximum atomic E-state index is 12.3. The van der Waals surface area contributed by atoms with E-state index in [1.165, 1.54) is 0 Å². The van der Waals surface area contributed by atoms with E-state index in [0.29, 0.717) is 6.54 Å². The number of carbonyl (C=O) groups excluding carboxylic acids is 1. The number of hydrogen-bond donors (Lipinski definition) is 0. The van der Waals surface area contributed by atoms with Gasteiger partial charge in [0.1, 0.15) is 0 Å². The van der Waals surface area contributed by atoms with Gasteiger partial charge in [0.2, 0.25) is 12.3 Å². The van der Waals surface area contributed by atoms with Gasteiger partial charge >= 0.3 is 0 Å². The molecule has 0 aliphatic carbocycles. The number of pyridine rings is 1. The lowest BCUT2D eigenvalue weighted by Gasteiger charge is -2.02. The first-order valence-electron chi connectivity index (χ1n) is 6.70. The van der Waals surface area contributed by atoms with Crippen molar-refractivity contribution in [1.29, 1.82) is 0 Å². The molecule has 0 saturated heterocycles. The Morgan fingerprint density at radius 2 is 1.80 bits per heavy atom. The molecule has 1 heterocycles. The summed E-state index contributed by atoms with van der Waals surface area (Å²) in [6.07, 6.45) is 3.91. The minimum atomic E-state index is 0.131. The van der Waals surface area contributed by atoms with Crippen LogP contribution in [-0.4, -0.2) is 5.78 Å². The molecule has 98 valence electrons. The van der Waals surface area contributed by atoms with Gasteiger partial charge in [-0.05, 0) is 29.8 Å². The number of carbonyl (C=O) groups is 1. The summed E-state index contributed by atoms with van der Waals surface area (Å²) >= 11 is 0. The Labute approximate surface area is 118 Å². The molecule has 0 N–H and O–H groups in total. The van der Waals surface area contributed by atoms with E-state index >= 15 is 0 Å². The minimum absolute atomic E-state index is 0.131. The van der Waals surface area contributed by atoms with Crippen LogP contribution in [0.1, 0.15) is 15.9 Å². The molecule has 0 unspecified atom stereocenters. The van der Waals surface area contributed by atoms with Gasteiger partial charge in [0, 0.05) is 17.2 Å². The standard InChI is InChI=1S/C18H16NO/c1-14-5-4-10-19(12-14)13-18(20)17-9-8-15-6-2-3-7-16(15)11-17/h2-12H,13H2,1H3/q+1. The molecule has 20 heavy (non-hydrogen) atoms. The minimum Gasteiger partial charge on any atom is -0.287 e. The van der Waals surface area contributed by atoms with Crippen LogP contribution in [0, 0.1) is 6.92 Å². The zero-order valence-electron chi connectivity index (χ0n) is 11.4. The van der Waals surface area contributed by atoms with Gasteiger partial charge < -0.3 is 0 Å². The second-order valence-electron chi connectivity index (χ2n) is 5.04. The van der Waals surface area contributed by atoms with Gasteiger partial charge in [-0.25, -0.2) is 0 Å². The van der Waals surface area contributed by atoms with Gasteiger partial charge in [-0.2, -0.15) is 4.57 Å². The highest BCUT2D eigenvalue weighted by atomic mass is 16.1. The van der Waals surface area contributed by atoms with Crippen LogP contribution in [0.5, 0.6) is 0 Å². The molecule has 2 heteroatoms. The zero-order chi connectivity index (χ0) is 13.9. The molecule has 0 aliphatic rings. The molecule has 0 spiro atoms. The fourth-order valence-electron chi connectivity index (χ4n) is 2.37. The van der Waals surface area contributed by atoms with Gasteiger partial charge in [-0.15, -0.1) is 0 Å². The van der Waals surface area contributed by atoms with Crippen molar-refractivity contribution < 1.29 is 9.36 Å². The zero-order valence-corrected chi connectivity index (χ0v) is 11.4. The Balaban J connectivity index is 1.88. The van der Waals surface area contributed by atoms with Crippen LogP contribution in [0.2, 0.25) is 0 Å². The van der Waals surface area contributed by atoms with Crippen molar-refractivity contribution in [1.82, 2.24) is 0 Å². The number of benzene rings is 2. The predicted molar refractivity (Wildman–Crippen MR) is 79.7 cm³/mol. The summed E-state index contributed by atoms with van der Waals surface area (Å²) in [6.45, 7) is 2.40. The van der Waals surface area contributed by atoms with Gasteiger partial charge in [0.25, 0.3) is 0 Å². The first kappa shape index (κ1) is 12.5. The average molecular weight is 262 g/mol. The number of Topliss-reactive ketones (excluding diaryl/α,β-unsaturated/α-hetero) is 1. The number of ketones is 1. The summed E-state index contributed by atoms with van der Waals surface area (Å²) in [5.41, 5.74) is 1.91. The van der Waals surface area contributed by atoms with Gasteiger partial charge in [0.15, 0.2) is 12.4 Å². The third kappa shape index (κ3) is 2.59. The second-order valence-corrected chi connectivity index (χ2v) is 5.04. The fourth-order valence-corrected chi connectivity index (χ4v) is 2.37. The summed E-state index contributed by atoms with van der Waals surface area (Å²) in [4.78, 5) is 12.3. The fraction of sp³-hybridized carbons (Fsp3) is 0.111. The summed E-state index contributed by atoms with van der Waals surface area (Å²) in [7, 11) is 0. The van der Waals surface area contributed by atoms with E-state index in [4.69, 9.17) is 0 Å². The Hall–Kier alpha value is -2.48. The molecule has 1 aromatic heterocycles. The largest absolute Gasteiger partial charge is 0.287 e. The summed E-state index contributed by atoms with van der Waals surface area (Å²) < 4.78 is 1.92. The molecule has 0 aliphatic heterocycles. The molecule has 0 saturated carbocycles. The Bertz CT molecular complexity index is 777. The van der Waals surface area contributed by atoms with E-state index in [1.807, 2.05) is 72.4 Å². The maximum absolute atomic E-state index is 12.3. The SMILES string of the molecule is Cc1ccc[n+](CC(=O)c2ccc3ccccc3c2)c1. The highest BCUT2D eigenvalue weighted by molar-refractivity contribution is 5.99. The molecule has 3 aromatic rings. The molecule has 2 nitrogen and oxygen atoms in total. The maximum Gasteiger partial charge on any atom is 0.227 e. The van der Waals surface area contributed by atoms with Crippen LogP contribution in [-0.2, 0) is 6.54 Å². The lowest BCUT2D eigenvalue weighted by atomic mass is 10.0. The Morgan fingerprint density at radius 3 is 2.60 bits per heavy atom. The predicted octanol–water partition coefficient (Wildman–Crippen LogP) is 3.32. The molecule has 0 amide bonds. The smallest absolute Gasteiger partial charge is 0.227 e. The monoisotopic (exact) mass is 262 g/mol. The summed E-state index contributed by atoms with van der Waals surface area (Å²) in [5, 5.41) is 2.26. The molecule has 0 radical (unpaired) electrons. The van der Waals surface area contributed by atoms with Crippen molar-refractivity contribution in [3.63, 3.8) is 0 Å². The number of fused-ring (bicyclic) bond motifs is 1. The van der Waals surface area contributed by atoms with Gasteiger partial charge in [-0.1, -0.05) is 36.4 Å². The van der Waals surface area contributed by atoms with Gasteiger partial charge in [0.05, 0.1) is 0 Å². The van der Waals surface area contributed by atoms with Crippen LogP contribution < -0.4 is 4.57 Å². The summed E-state index contributed by atoms with van der Waals surface area (Å²) in [6, 6.07) is 17.9. The van der Waals surface area contributed by atoms with Crippen LogP contribution >= 0.6 is 0 Å². The van der Waals surface area contributed by atoms with Crippen molar-refractivity contribution >= 4 is 16.6 Å². The molecular formula is C18H16NO+. The van der Waals surface area contributed by atoms with E-state index in [9.17, 15) is 4.79 Å². The number of nitrogens with zero attached hydrogens (tertiary/aromatic N) is 1. The van der Waals surface area contributed by atoms with Crippen molar-refractivity contribution in [2.45, 2.75) is 13.5 Å². The van der Waals surface area contributed by atoms with Crippen LogP contribution in [0.25, 0.3) is 10.8 Å². The molecule has 2 aromatic carbocycles. The molecule has 0 fully saturated rings. The van der Waals surface area contributed by atoms with Crippen LogP contribution in [0.15, 0.2) is 67.0 Å². The van der Waals surface area contributed by atoms with E-state index in [-0.39, 0.29) is 5.78 Å². The Kier molecular flexibility index (Phi) is 3.30. The quantitative estimate of drug-likeness (QED) is 0.524. The highest BCUT2D eigenvalue weighted by Crippen LogP contribution is 2.15. The van der Waals surface area contributed by atoms with Crippen molar-refractivity contribution in [2.24, 2.45) is 0 Å². The van der Waals surface area contributed by atoms with Crippen molar-refractivity contribution in [2.75, 3.05) is 0 Å². The lowest BCUT2D eigenvalue weighted by Crippen LogP contribution is -2.37. The number of aryl methyl sites for hydroxylation is 1. The second kappa shape index (κ2) is 5.25. The number of hydrogen-bond acceptors (Lipinski definition) is 1. The Morgan fingerprint density at radius 1 is 1.00 bits per heavy atom. The normalized spacial score (nSPS) is 10.7. The molecule has 3 rings (SSSR count). The first-order chi connectivity index (χ1) is 9.72. The lowest BCUT2D eigenvalue weighted by molar-refractivity contribution is -0.683. The molecule has 0 bridgehead atoms. The van der Waals surface area contributed by atoms with Crippen molar-refractivity contribution in [3.05, 3.63) is 78.1 Å². The van der Waals surface area contributed by atoms with Crippen LogP contribution in [0.3, 0.4) is 0 Å². The number of rotatable bonds is 3. The third-order valence-electron chi connectivity index (χ3n) is 3.40. The first-order valence-corrected chi connectivity index (χ1v) is 6.70. The highest BCUT2D eigenvalue weighted by Gasteiger charge is 2.12. The van der Waals surface area contributed by atoms with Crippen LogP contribution in [0.4, 0.5) is 0 Å². The van der Waals surface area contributed by atoms with E-state index in [2.05, 4.69) is 6.07 Å². The number of aromatic nitrogens is 1. The van der Waals surface area contributed by atoms with E-state index in [1.54, 1.807) is 0 Å². The van der Waals surface area contributed by atoms with E-state index < -0.39 is 0 Å². The molecule has 0 atom stereocenters. The van der Waals surface area contributed by atoms with Crippen molar-refractivity contribution in [3.8, 4) is 0 Å². The summed E-state index contributed by atoms with van der Waals surface area (Å²) in [5.74, 6) is 0.131. The molecular weight excluding hydrogens is 246 g/mol.